The number of carbonyl (C=O) groups excluding carboxylic acids is 2. The van der Waals surface area contributed by atoms with E-state index in [2.05, 4.69) is 15.6 Å². The summed E-state index contributed by atoms with van der Waals surface area (Å²) in [7, 11) is 0. The van der Waals surface area contributed by atoms with Crippen molar-refractivity contribution in [2.24, 2.45) is 0 Å². The molecule has 1 aliphatic heterocycles. The number of nitrogens with one attached hydrogen (secondary N) is 2. The second kappa shape index (κ2) is 6.87. The average Bonchev–Trinajstić information content (AvgIpc) is 3.05. The van der Waals surface area contributed by atoms with Crippen molar-refractivity contribution in [3.63, 3.8) is 0 Å². The third kappa shape index (κ3) is 3.73. The Morgan fingerprint density at radius 3 is 3.13 bits per heavy atom. The number of aryl methyl sites for hydroxylation is 1. The zero-order chi connectivity index (χ0) is 16.2. The summed E-state index contributed by atoms with van der Waals surface area (Å²) in [5.41, 5.74) is 1.27. The van der Waals surface area contributed by atoms with Crippen molar-refractivity contribution in [2.75, 3.05) is 11.9 Å². The Morgan fingerprint density at radius 2 is 2.35 bits per heavy atom. The van der Waals surface area contributed by atoms with Gasteiger partial charge < -0.3 is 15.2 Å². The van der Waals surface area contributed by atoms with Crippen molar-refractivity contribution in [1.82, 2.24) is 14.9 Å². The first-order valence-corrected chi connectivity index (χ1v) is 8.37. The van der Waals surface area contributed by atoms with Gasteiger partial charge in [0.05, 0.1) is 17.3 Å². The Hall–Kier alpha value is -2.28. The van der Waals surface area contributed by atoms with Crippen molar-refractivity contribution >= 4 is 29.3 Å². The van der Waals surface area contributed by atoms with Gasteiger partial charge in [-0.2, -0.15) is 0 Å². The highest BCUT2D eigenvalue weighted by molar-refractivity contribution is 8.00. The molecule has 7 heteroatoms. The van der Waals surface area contributed by atoms with Gasteiger partial charge in [-0.25, -0.2) is 4.98 Å². The Kier molecular flexibility index (Phi) is 4.66. The Labute approximate surface area is 138 Å². The fraction of sp³-hybridized carbons (Fsp3) is 0.312. The van der Waals surface area contributed by atoms with Crippen LogP contribution < -0.4 is 10.6 Å². The van der Waals surface area contributed by atoms with Gasteiger partial charge in [-0.15, -0.1) is 11.8 Å². The highest BCUT2D eigenvalue weighted by Gasteiger charge is 2.23. The molecule has 2 N–H and O–H groups in total. The van der Waals surface area contributed by atoms with E-state index in [1.807, 2.05) is 23.8 Å². The lowest BCUT2D eigenvalue weighted by Gasteiger charge is -2.21. The summed E-state index contributed by atoms with van der Waals surface area (Å²) in [6.45, 7) is 3.27. The zero-order valence-corrected chi connectivity index (χ0v) is 13.6. The number of fused-ring (bicyclic) bond motifs is 1. The quantitative estimate of drug-likeness (QED) is 0.824. The fourth-order valence-corrected chi connectivity index (χ4v) is 3.27. The lowest BCUT2D eigenvalue weighted by Crippen LogP contribution is -2.28. The molecule has 1 aliphatic rings. The highest BCUT2D eigenvalue weighted by Crippen LogP contribution is 2.35. The minimum Gasteiger partial charge on any atom is -0.352 e. The molecule has 0 bridgehead atoms. The molecular formula is C16H18N4O2S. The van der Waals surface area contributed by atoms with E-state index in [1.54, 1.807) is 24.7 Å². The molecule has 23 heavy (non-hydrogen) atoms. The van der Waals surface area contributed by atoms with E-state index >= 15 is 0 Å². The molecule has 120 valence electrons. The van der Waals surface area contributed by atoms with Crippen LogP contribution in [-0.4, -0.2) is 33.2 Å². The molecule has 6 nitrogen and oxygen atoms in total. The first kappa shape index (κ1) is 15.6. The molecule has 0 saturated heterocycles. The Balaban J connectivity index is 1.55. The maximum absolute atomic E-state index is 12.2. The van der Waals surface area contributed by atoms with Crippen LogP contribution in [0, 0.1) is 0 Å². The number of hydrogen-bond donors (Lipinski definition) is 2. The van der Waals surface area contributed by atoms with Crippen LogP contribution in [0.3, 0.4) is 0 Å². The van der Waals surface area contributed by atoms with Crippen LogP contribution in [-0.2, 0) is 11.3 Å². The van der Waals surface area contributed by atoms with Crippen molar-refractivity contribution in [3.05, 3.63) is 42.5 Å². The number of aromatic nitrogens is 2. The number of rotatable bonds is 5. The van der Waals surface area contributed by atoms with Gasteiger partial charge in [0.2, 0.25) is 5.91 Å². The van der Waals surface area contributed by atoms with Crippen LogP contribution in [0.25, 0.3) is 0 Å². The normalized spacial score (nSPS) is 16.6. The smallest absolute Gasteiger partial charge is 0.251 e. The maximum Gasteiger partial charge on any atom is 0.251 e. The van der Waals surface area contributed by atoms with Gasteiger partial charge >= 0.3 is 0 Å². The van der Waals surface area contributed by atoms with Crippen molar-refractivity contribution in [2.45, 2.75) is 30.0 Å². The van der Waals surface area contributed by atoms with E-state index < -0.39 is 0 Å². The monoisotopic (exact) mass is 330 g/mol. The highest BCUT2D eigenvalue weighted by atomic mass is 32.2. The van der Waals surface area contributed by atoms with Gasteiger partial charge in [-0.1, -0.05) is 0 Å². The van der Waals surface area contributed by atoms with Gasteiger partial charge in [0, 0.05) is 35.9 Å². The summed E-state index contributed by atoms with van der Waals surface area (Å²) in [6, 6.07) is 5.41. The van der Waals surface area contributed by atoms with Crippen LogP contribution in [0.5, 0.6) is 0 Å². The maximum atomic E-state index is 12.2. The van der Waals surface area contributed by atoms with Gasteiger partial charge in [-0.3, -0.25) is 9.59 Å². The van der Waals surface area contributed by atoms with Gasteiger partial charge in [-0.05, 0) is 31.5 Å². The first-order chi connectivity index (χ1) is 11.1. The Bertz CT molecular complexity index is 715. The number of imidazole rings is 1. The van der Waals surface area contributed by atoms with Crippen molar-refractivity contribution < 1.29 is 9.59 Å². The molecule has 2 heterocycles. The topological polar surface area (TPSA) is 76.0 Å². The number of carbonyl (C=O) groups is 2. The second-order valence-electron chi connectivity index (χ2n) is 5.37. The first-order valence-electron chi connectivity index (χ1n) is 7.49. The van der Waals surface area contributed by atoms with E-state index in [0.29, 0.717) is 17.8 Å². The molecule has 1 unspecified atom stereocenters. The molecule has 1 aromatic carbocycles. The molecule has 0 radical (unpaired) electrons. The molecule has 0 fully saturated rings. The molecule has 1 aromatic heterocycles. The summed E-state index contributed by atoms with van der Waals surface area (Å²) in [5.74, 6) is -0.156. The molecule has 0 aliphatic carbocycles. The summed E-state index contributed by atoms with van der Waals surface area (Å²) in [5, 5.41) is 5.63. The standard InChI is InChI=1S/C16H18N4O2S/c1-11-15(21)19-13-9-12(3-4-14(13)23-11)16(22)18-5-2-7-20-8-6-17-10-20/h3-4,6,8-11H,2,5,7H2,1H3,(H,18,22)(H,19,21). The molecule has 0 spiro atoms. The summed E-state index contributed by atoms with van der Waals surface area (Å²) in [6.07, 6.45) is 6.22. The number of hydrogen-bond acceptors (Lipinski definition) is 4. The van der Waals surface area contributed by atoms with Crippen molar-refractivity contribution in [1.29, 1.82) is 0 Å². The van der Waals surface area contributed by atoms with Crippen LogP contribution in [0.15, 0.2) is 41.8 Å². The zero-order valence-electron chi connectivity index (χ0n) is 12.8. The number of anilines is 1. The second-order valence-corrected chi connectivity index (χ2v) is 6.75. The largest absolute Gasteiger partial charge is 0.352 e. The summed E-state index contributed by atoms with van der Waals surface area (Å²) >= 11 is 1.51. The van der Waals surface area contributed by atoms with Crippen LogP contribution in [0.4, 0.5) is 5.69 Å². The third-order valence-electron chi connectivity index (χ3n) is 3.61. The molecular weight excluding hydrogens is 312 g/mol. The van der Waals surface area contributed by atoms with Gasteiger partial charge in [0.1, 0.15) is 0 Å². The minimum atomic E-state index is -0.128. The van der Waals surface area contributed by atoms with Crippen LogP contribution in [0.1, 0.15) is 23.7 Å². The molecule has 2 aromatic rings. The molecule has 1 atom stereocenters. The van der Waals surface area contributed by atoms with Crippen LogP contribution >= 0.6 is 11.8 Å². The Morgan fingerprint density at radius 1 is 1.48 bits per heavy atom. The van der Waals surface area contributed by atoms with E-state index in [4.69, 9.17) is 0 Å². The summed E-state index contributed by atoms with van der Waals surface area (Å²) in [4.78, 5) is 28.9. The predicted molar refractivity (Wildman–Crippen MR) is 89.6 cm³/mol. The van der Waals surface area contributed by atoms with E-state index in [1.165, 1.54) is 11.8 Å². The average molecular weight is 330 g/mol. The van der Waals surface area contributed by atoms with E-state index in [9.17, 15) is 9.59 Å². The lowest BCUT2D eigenvalue weighted by atomic mass is 10.1. The number of amides is 2. The number of benzene rings is 1. The van der Waals surface area contributed by atoms with E-state index in [0.717, 1.165) is 17.9 Å². The number of thioether (sulfide) groups is 1. The SMILES string of the molecule is CC1Sc2ccc(C(=O)NCCCn3ccnc3)cc2NC1=O. The number of nitrogens with zero attached hydrogens (tertiary/aromatic N) is 2. The molecule has 2 amide bonds. The fourth-order valence-electron chi connectivity index (χ4n) is 2.33. The molecule has 3 rings (SSSR count). The molecule has 0 saturated carbocycles. The van der Waals surface area contributed by atoms with Gasteiger partial charge in [0.15, 0.2) is 0 Å². The predicted octanol–water partition coefficient (Wildman–Crippen LogP) is 2.14. The van der Waals surface area contributed by atoms with Crippen LogP contribution in [0.2, 0.25) is 0 Å². The minimum absolute atomic E-state index is 0.0274. The summed E-state index contributed by atoms with van der Waals surface area (Å²) < 4.78 is 1.97. The lowest BCUT2D eigenvalue weighted by molar-refractivity contribution is -0.115. The van der Waals surface area contributed by atoms with E-state index in [-0.39, 0.29) is 17.1 Å². The van der Waals surface area contributed by atoms with Gasteiger partial charge in [0.25, 0.3) is 5.91 Å². The third-order valence-corrected chi connectivity index (χ3v) is 4.79. The van der Waals surface area contributed by atoms with Crippen molar-refractivity contribution in [3.8, 4) is 0 Å².